The van der Waals surface area contributed by atoms with Crippen molar-refractivity contribution in [2.45, 2.75) is 392 Å². The molecule has 0 rings (SSSR count). The van der Waals surface area contributed by atoms with Gasteiger partial charge in [-0.05, 0) is 77.0 Å². The smallest absolute Gasteiger partial charge is 0.306 e. The zero-order valence-corrected chi connectivity index (χ0v) is 52.7. The van der Waals surface area contributed by atoms with Gasteiger partial charge in [-0.15, -0.1) is 0 Å². The molecular weight excluding hydrogens is 957 g/mol. The number of carbonyl (C=O) groups excluding carboxylic acids is 2. The van der Waals surface area contributed by atoms with Gasteiger partial charge in [0, 0.05) is 12.8 Å². The fraction of sp³-hybridized carbons (Fsp3) is 0.863. The van der Waals surface area contributed by atoms with E-state index >= 15 is 0 Å². The molecule has 5 heteroatoms. The molecule has 0 aromatic heterocycles. The monoisotopic (exact) mass is 1090 g/mol. The minimum atomic E-state index is -0.771. The van der Waals surface area contributed by atoms with Crippen LogP contribution >= 0.6 is 0 Å². The summed E-state index contributed by atoms with van der Waals surface area (Å²) in [7, 11) is 0. The van der Waals surface area contributed by atoms with E-state index in [1.165, 1.54) is 308 Å². The summed E-state index contributed by atoms with van der Waals surface area (Å²) >= 11 is 0. The lowest BCUT2D eigenvalue weighted by molar-refractivity contribution is -0.161. The van der Waals surface area contributed by atoms with E-state index in [0.717, 1.165) is 51.4 Å². The molecular formula is C73H136O5. The van der Waals surface area contributed by atoms with Gasteiger partial charge >= 0.3 is 11.9 Å². The summed E-state index contributed by atoms with van der Waals surface area (Å²) in [6, 6.07) is 0. The number of unbranched alkanes of at least 4 members (excludes halogenated alkanes) is 50. The van der Waals surface area contributed by atoms with Gasteiger partial charge in [0.1, 0.15) is 6.61 Å². The number of rotatable bonds is 66. The van der Waals surface area contributed by atoms with Crippen LogP contribution in [-0.4, -0.2) is 36.4 Å². The molecule has 0 amide bonds. The predicted octanol–water partition coefficient (Wildman–Crippen LogP) is 24.3. The zero-order chi connectivity index (χ0) is 56.2. The third kappa shape index (κ3) is 66.4. The Labute approximate surface area is 488 Å². The van der Waals surface area contributed by atoms with E-state index in [9.17, 15) is 14.7 Å². The summed E-state index contributed by atoms with van der Waals surface area (Å²) in [5.74, 6) is -0.567. The molecule has 0 aliphatic carbocycles. The van der Waals surface area contributed by atoms with E-state index in [1.807, 2.05) is 0 Å². The Kier molecular flexibility index (Phi) is 67.2. The van der Waals surface area contributed by atoms with Crippen LogP contribution in [0.4, 0.5) is 0 Å². The summed E-state index contributed by atoms with van der Waals surface area (Å²) in [5, 5.41) is 9.70. The van der Waals surface area contributed by atoms with Crippen molar-refractivity contribution in [1.82, 2.24) is 0 Å². The number of ether oxygens (including phenoxy) is 2. The SMILES string of the molecule is CCCCCCC/C=C\C/C=C\CCCCCCCCCCCCCCCCCCCCCCCC(=O)OC(CO)COC(=O)CCCCCCCCCCCCCCCCCCCCC/C=C\C/C=C\CCCCCCC. The van der Waals surface area contributed by atoms with Gasteiger partial charge in [0.05, 0.1) is 6.61 Å². The largest absolute Gasteiger partial charge is 0.462 e. The molecule has 0 radical (unpaired) electrons. The van der Waals surface area contributed by atoms with Crippen LogP contribution in [0.15, 0.2) is 48.6 Å². The molecule has 0 aliphatic heterocycles. The van der Waals surface area contributed by atoms with Crippen LogP contribution in [0.2, 0.25) is 0 Å². The van der Waals surface area contributed by atoms with Crippen molar-refractivity contribution in [2.24, 2.45) is 0 Å². The van der Waals surface area contributed by atoms with Crippen molar-refractivity contribution < 1.29 is 24.2 Å². The van der Waals surface area contributed by atoms with Crippen LogP contribution in [0.1, 0.15) is 386 Å². The fourth-order valence-corrected chi connectivity index (χ4v) is 10.8. The van der Waals surface area contributed by atoms with E-state index in [4.69, 9.17) is 9.47 Å². The fourth-order valence-electron chi connectivity index (χ4n) is 10.8. The normalized spacial score (nSPS) is 12.4. The molecule has 0 spiro atoms. The molecule has 0 aliphatic rings. The minimum absolute atomic E-state index is 0.0602. The Bertz CT molecular complexity index is 1280. The first-order chi connectivity index (χ1) is 38.6. The molecule has 5 nitrogen and oxygen atoms in total. The summed E-state index contributed by atoms with van der Waals surface area (Å²) in [6.45, 7) is 4.18. The van der Waals surface area contributed by atoms with Gasteiger partial charge in [-0.25, -0.2) is 0 Å². The van der Waals surface area contributed by atoms with Gasteiger partial charge in [-0.3, -0.25) is 9.59 Å². The number of hydrogen-bond donors (Lipinski definition) is 1. The number of carbonyl (C=O) groups is 2. The van der Waals surface area contributed by atoms with Crippen molar-refractivity contribution in [3.05, 3.63) is 48.6 Å². The molecule has 1 unspecified atom stereocenters. The maximum atomic E-state index is 12.4. The maximum absolute atomic E-state index is 12.4. The average molecular weight is 1090 g/mol. The standard InChI is InChI=1S/C73H136O5/c1-3-5-7-9-11-13-15-17-19-21-23-25-27-29-31-33-35-36-38-40-42-44-46-48-50-52-54-56-58-60-62-64-66-68-73(76)78-71(69-74)70-77-72(75)67-65-63-61-59-57-55-53-51-49-47-45-43-41-39-37-34-32-30-28-26-24-22-20-18-16-14-12-10-8-6-4-2/h15-18,21-24,71,74H,3-14,19-20,25-70H2,1-2H3/b17-15-,18-16-,23-21-,24-22-. The van der Waals surface area contributed by atoms with Crippen LogP contribution in [0.25, 0.3) is 0 Å². The summed E-state index contributed by atoms with van der Waals surface area (Å²) in [5.41, 5.74) is 0. The van der Waals surface area contributed by atoms with Gasteiger partial charge in [0.2, 0.25) is 0 Å². The van der Waals surface area contributed by atoms with Gasteiger partial charge in [0.15, 0.2) is 6.10 Å². The van der Waals surface area contributed by atoms with Gasteiger partial charge in [-0.1, -0.05) is 345 Å². The van der Waals surface area contributed by atoms with Crippen LogP contribution < -0.4 is 0 Å². The molecule has 0 aromatic rings. The highest BCUT2D eigenvalue weighted by molar-refractivity contribution is 5.70. The minimum Gasteiger partial charge on any atom is -0.462 e. The highest BCUT2D eigenvalue weighted by Gasteiger charge is 2.16. The second-order valence-electron chi connectivity index (χ2n) is 24.0. The third-order valence-electron chi connectivity index (χ3n) is 16.1. The molecule has 78 heavy (non-hydrogen) atoms. The van der Waals surface area contributed by atoms with Crippen LogP contribution in [-0.2, 0) is 19.1 Å². The maximum Gasteiger partial charge on any atom is 0.306 e. The summed E-state index contributed by atoms with van der Waals surface area (Å²) in [6.07, 6.45) is 92.9. The molecule has 0 aromatic carbocycles. The lowest BCUT2D eigenvalue weighted by atomic mass is 10.0. The van der Waals surface area contributed by atoms with E-state index in [2.05, 4.69) is 62.5 Å². The number of aliphatic hydroxyl groups is 1. The summed E-state index contributed by atoms with van der Waals surface area (Å²) < 4.78 is 10.8. The number of allylic oxidation sites excluding steroid dienone is 8. The molecule has 1 atom stereocenters. The second kappa shape index (κ2) is 69.1. The van der Waals surface area contributed by atoms with E-state index in [1.54, 1.807) is 0 Å². The number of aliphatic hydroxyl groups excluding tert-OH is 1. The number of hydrogen-bond acceptors (Lipinski definition) is 5. The predicted molar refractivity (Wildman–Crippen MR) is 344 cm³/mol. The quantitative estimate of drug-likeness (QED) is 0.0373. The topological polar surface area (TPSA) is 72.8 Å². The Balaban J connectivity index is 3.39. The molecule has 0 saturated heterocycles. The Hall–Kier alpha value is -2.14. The first kappa shape index (κ1) is 75.9. The van der Waals surface area contributed by atoms with Crippen LogP contribution in [0.3, 0.4) is 0 Å². The van der Waals surface area contributed by atoms with E-state index in [-0.39, 0.29) is 25.2 Å². The molecule has 0 saturated carbocycles. The van der Waals surface area contributed by atoms with Gasteiger partial charge in [-0.2, -0.15) is 0 Å². The Morgan fingerprint density at radius 2 is 0.513 bits per heavy atom. The highest BCUT2D eigenvalue weighted by Crippen LogP contribution is 2.19. The Morgan fingerprint density at radius 1 is 0.295 bits per heavy atom. The molecule has 458 valence electrons. The molecule has 0 heterocycles. The first-order valence-corrected chi connectivity index (χ1v) is 35.2. The lowest BCUT2D eigenvalue weighted by Gasteiger charge is -2.15. The average Bonchev–Trinajstić information content (AvgIpc) is 3.44. The highest BCUT2D eigenvalue weighted by atomic mass is 16.6. The van der Waals surface area contributed by atoms with Crippen molar-refractivity contribution in [3.63, 3.8) is 0 Å². The number of esters is 2. The van der Waals surface area contributed by atoms with Gasteiger partial charge < -0.3 is 14.6 Å². The Morgan fingerprint density at radius 3 is 0.756 bits per heavy atom. The zero-order valence-electron chi connectivity index (χ0n) is 52.7. The van der Waals surface area contributed by atoms with Crippen molar-refractivity contribution in [1.29, 1.82) is 0 Å². The first-order valence-electron chi connectivity index (χ1n) is 35.2. The summed E-state index contributed by atoms with van der Waals surface area (Å²) in [4.78, 5) is 24.7. The van der Waals surface area contributed by atoms with E-state index < -0.39 is 6.10 Å². The molecule has 0 fully saturated rings. The van der Waals surface area contributed by atoms with Gasteiger partial charge in [0.25, 0.3) is 0 Å². The third-order valence-corrected chi connectivity index (χ3v) is 16.1. The van der Waals surface area contributed by atoms with Crippen LogP contribution in [0.5, 0.6) is 0 Å². The lowest BCUT2D eigenvalue weighted by Crippen LogP contribution is -2.28. The van der Waals surface area contributed by atoms with Crippen molar-refractivity contribution in [3.8, 4) is 0 Å². The van der Waals surface area contributed by atoms with Crippen LogP contribution in [0, 0.1) is 0 Å². The van der Waals surface area contributed by atoms with Crippen molar-refractivity contribution >= 4 is 11.9 Å². The van der Waals surface area contributed by atoms with E-state index in [0.29, 0.717) is 12.8 Å². The molecule has 1 N–H and O–H groups in total. The second-order valence-corrected chi connectivity index (χ2v) is 24.0. The molecule has 0 bridgehead atoms. The van der Waals surface area contributed by atoms with Crippen molar-refractivity contribution in [2.75, 3.05) is 13.2 Å².